The maximum atomic E-state index is 13.3. The highest BCUT2D eigenvalue weighted by atomic mass is 16.5. The molecular formula is C26H30N2O5. The second-order valence-electron chi connectivity index (χ2n) is 8.94. The molecule has 0 aromatic heterocycles. The van der Waals surface area contributed by atoms with E-state index >= 15 is 0 Å². The van der Waals surface area contributed by atoms with Crippen LogP contribution in [0.4, 0.5) is 4.79 Å². The fourth-order valence-corrected chi connectivity index (χ4v) is 4.94. The molecule has 0 bridgehead atoms. The number of hydrogen-bond acceptors (Lipinski definition) is 4. The van der Waals surface area contributed by atoms with Gasteiger partial charge in [0.1, 0.15) is 17.7 Å². The molecule has 2 N–H and O–H groups in total. The first-order valence-electron chi connectivity index (χ1n) is 11.4. The molecule has 7 nitrogen and oxygen atoms in total. The Hall–Kier alpha value is -3.35. The van der Waals surface area contributed by atoms with Crippen LogP contribution in [0.15, 0.2) is 48.5 Å². The quantitative estimate of drug-likeness (QED) is 0.630. The van der Waals surface area contributed by atoms with Gasteiger partial charge in [0.2, 0.25) is 5.91 Å². The monoisotopic (exact) mass is 450 g/mol. The van der Waals surface area contributed by atoms with Gasteiger partial charge in [0.25, 0.3) is 0 Å². The zero-order chi connectivity index (χ0) is 23.8. The SMILES string of the molecule is CCC(CC)(NC(=O)OCC1c2ccccc2-c2ccccc21)C(=O)N(C)C1(C(=O)O)CC1. The van der Waals surface area contributed by atoms with Crippen molar-refractivity contribution in [2.75, 3.05) is 13.7 Å². The maximum Gasteiger partial charge on any atom is 0.408 e. The zero-order valence-corrected chi connectivity index (χ0v) is 19.3. The van der Waals surface area contributed by atoms with Crippen molar-refractivity contribution in [1.82, 2.24) is 10.2 Å². The molecule has 0 radical (unpaired) electrons. The third-order valence-electron chi connectivity index (χ3n) is 7.37. The van der Waals surface area contributed by atoms with Crippen LogP contribution in [-0.2, 0) is 14.3 Å². The standard InChI is InChI=1S/C26H30N2O5/c1-4-25(5-2,22(29)28(3)26(14-15-26)23(30)31)27-24(32)33-16-21-19-12-8-6-10-17(19)18-11-7-9-13-20(18)21/h6-13,21H,4-5,14-16H2,1-3H3,(H,27,32)(H,30,31). The Morgan fingerprint density at radius 2 is 1.55 bits per heavy atom. The number of benzene rings is 2. The summed E-state index contributed by atoms with van der Waals surface area (Å²) < 4.78 is 5.64. The number of carbonyl (C=O) groups excluding carboxylic acids is 2. The van der Waals surface area contributed by atoms with Gasteiger partial charge < -0.3 is 20.1 Å². The van der Waals surface area contributed by atoms with Crippen molar-refractivity contribution >= 4 is 18.0 Å². The maximum absolute atomic E-state index is 13.3. The van der Waals surface area contributed by atoms with E-state index in [2.05, 4.69) is 17.4 Å². The van der Waals surface area contributed by atoms with Gasteiger partial charge in [-0.3, -0.25) is 4.79 Å². The lowest BCUT2D eigenvalue weighted by molar-refractivity contribution is -0.154. The zero-order valence-electron chi connectivity index (χ0n) is 19.3. The van der Waals surface area contributed by atoms with E-state index in [1.54, 1.807) is 13.8 Å². The number of fused-ring (bicyclic) bond motifs is 3. The molecule has 0 saturated heterocycles. The van der Waals surface area contributed by atoms with Gasteiger partial charge in [-0.1, -0.05) is 62.4 Å². The van der Waals surface area contributed by atoms with Gasteiger partial charge in [-0.15, -0.1) is 0 Å². The number of alkyl carbamates (subject to hydrolysis) is 1. The molecule has 2 aliphatic rings. The fraction of sp³-hybridized carbons (Fsp3) is 0.423. The Morgan fingerprint density at radius 1 is 1.03 bits per heavy atom. The number of nitrogens with one attached hydrogen (secondary N) is 1. The lowest BCUT2D eigenvalue weighted by Crippen LogP contribution is -2.61. The normalized spacial score (nSPS) is 15.8. The molecular weight excluding hydrogens is 420 g/mol. The van der Waals surface area contributed by atoms with Gasteiger partial charge >= 0.3 is 12.1 Å². The highest BCUT2D eigenvalue weighted by molar-refractivity contribution is 5.95. The molecule has 174 valence electrons. The third-order valence-corrected chi connectivity index (χ3v) is 7.37. The summed E-state index contributed by atoms with van der Waals surface area (Å²) in [5, 5.41) is 12.4. The van der Waals surface area contributed by atoms with Crippen LogP contribution in [0, 0.1) is 0 Å². The first-order chi connectivity index (χ1) is 15.8. The highest BCUT2D eigenvalue weighted by Crippen LogP contribution is 2.45. The van der Waals surface area contributed by atoms with Gasteiger partial charge in [-0.25, -0.2) is 9.59 Å². The largest absolute Gasteiger partial charge is 0.479 e. The Morgan fingerprint density at radius 3 is 2.00 bits per heavy atom. The molecule has 1 fully saturated rings. The second kappa shape index (κ2) is 8.54. The van der Waals surface area contributed by atoms with Crippen LogP contribution >= 0.6 is 0 Å². The van der Waals surface area contributed by atoms with Gasteiger partial charge in [0, 0.05) is 13.0 Å². The summed E-state index contributed by atoms with van der Waals surface area (Å²) in [4.78, 5) is 39.2. The van der Waals surface area contributed by atoms with Crippen LogP contribution < -0.4 is 5.32 Å². The molecule has 2 aromatic rings. The molecule has 2 amide bonds. The van der Waals surface area contributed by atoms with Gasteiger partial charge in [0.05, 0.1) is 0 Å². The van der Waals surface area contributed by atoms with E-state index in [0.717, 1.165) is 22.3 Å². The smallest absolute Gasteiger partial charge is 0.408 e. The first-order valence-corrected chi connectivity index (χ1v) is 11.4. The van der Waals surface area contributed by atoms with Gasteiger partial charge in [0.15, 0.2) is 0 Å². The van der Waals surface area contributed by atoms with Crippen LogP contribution in [0.3, 0.4) is 0 Å². The molecule has 0 heterocycles. The molecule has 4 rings (SSSR count). The number of amides is 2. The number of carboxylic acid groups (broad SMARTS) is 1. The molecule has 0 spiro atoms. The van der Waals surface area contributed by atoms with Crippen molar-refractivity contribution in [3.63, 3.8) is 0 Å². The predicted molar refractivity (Wildman–Crippen MR) is 124 cm³/mol. The van der Waals surface area contributed by atoms with Crippen molar-refractivity contribution in [1.29, 1.82) is 0 Å². The summed E-state index contributed by atoms with van der Waals surface area (Å²) in [5.41, 5.74) is 2.10. The second-order valence-corrected chi connectivity index (χ2v) is 8.94. The summed E-state index contributed by atoms with van der Waals surface area (Å²) in [5.74, 6) is -1.50. The summed E-state index contributed by atoms with van der Waals surface area (Å²) in [6.45, 7) is 3.76. The Balaban J connectivity index is 1.48. The molecule has 7 heteroatoms. The fourth-order valence-electron chi connectivity index (χ4n) is 4.94. The van der Waals surface area contributed by atoms with E-state index < -0.39 is 29.0 Å². The minimum Gasteiger partial charge on any atom is -0.479 e. The average molecular weight is 451 g/mol. The van der Waals surface area contributed by atoms with Crippen molar-refractivity contribution in [2.24, 2.45) is 0 Å². The minimum absolute atomic E-state index is 0.0825. The highest BCUT2D eigenvalue weighted by Gasteiger charge is 2.58. The number of likely N-dealkylation sites (N-methyl/N-ethyl adjacent to an activating group) is 1. The number of ether oxygens (including phenoxy) is 1. The Kier molecular flexibility index (Phi) is 5.91. The molecule has 0 atom stereocenters. The van der Waals surface area contributed by atoms with E-state index in [0.29, 0.717) is 25.7 Å². The number of hydrogen-bond donors (Lipinski definition) is 2. The average Bonchev–Trinajstić information content (AvgIpc) is 3.59. The number of rotatable bonds is 8. The molecule has 0 aliphatic heterocycles. The van der Waals surface area contributed by atoms with E-state index in [-0.39, 0.29) is 12.5 Å². The predicted octanol–water partition coefficient (Wildman–Crippen LogP) is 4.16. The van der Waals surface area contributed by atoms with E-state index in [4.69, 9.17) is 4.74 Å². The third kappa shape index (κ3) is 3.75. The lowest BCUT2D eigenvalue weighted by Gasteiger charge is -2.37. The molecule has 1 saturated carbocycles. The molecule has 2 aromatic carbocycles. The topological polar surface area (TPSA) is 95.9 Å². The van der Waals surface area contributed by atoms with Crippen LogP contribution in [0.2, 0.25) is 0 Å². The Labute approximate surface area is 193 Å². The summed E-state index contributed by atoms with van der Waals surface area (Å²) in [6.07, 6.45) is 0.805. The number of aliphatic carboxylic acids is 1. The first kappa shape index (κ1) is 22.8. The van der Waals surface area contributed by atoms with Crippen LogP contribution in [-0.4, -0.2) is 52.7 Å². The van der Waals surface area contributed by atoms with Crippen molar-refractivity contribution in [3.8, 4) is 11.1 Å². The minimum atomic E-state index is -1.22. The van der Waals surface area contributed by atoms with E-state index in [1.807, 2.05) is 36.4 Å². The van der Waals surface area contributed by atoms with E-state index in [1.165, 1.54) is 11.9 Å². The van der Waals surface area contributed by atoms with Gasteiger partial charge in [-0.05, 0) is 47.9 Å². The molecule has 2 aliphatic carbocycles. The summed E-state index contributed by atoms with van der Waals surface area (Å²) >= 11 is 0. The number of carboxylic acids is 1. The van der Waals surface area contributed by atoms with Crippen LogP contribution in [0.1, 0.15) is 56.6 Å². The van der Waals surface area contributed by atoms with Crippen LogP contribution in [0.5, 0.6) is 0 Å². The van der Waals surface area contributed by atoms with Gasteiger partial charge in [-0.2, -0.15) is 0 Å². The van der Waals surface area contributed by atoms with Crippen molar-refractivity contribution in [3.05, 3.63) is 59.7 Å². The molecule has 0 unspecified atom stereocenters. The summed E-state index contributed by atoms with van der Waals surface area (Å²) in [7, 11) is 1.50. The lowest BCUT2D eigenvalue weighted by atomic mass is 9.90. The number of carbonyl (C=O) groups is 3. The summed E-state index contributed by atoms with van der Waals surface area (Å²) in [6, 6.07) is 16.2. The van der Waals surface area contributed by atoms with Crippen LogP contribution in [0.25, 0.3) is 11.1 Å². The molecule has 33 heavy (non-hydrogen) atoms. The van der Waals surface area contributed by atoms with Crippen molar-refractivity contribution < 1.29 is 24.2 Å². The van der Waals surface area contributed by atoms with E-state index in [9.17, 15) is 19.5 Å². The number of nitrogens with zero attached hydrogens (tertiary/aromatic N) is 1. The Bertz CT molecular complexity index is 1040. The van der Waals surface area contributed by atoms with Crippen molar-refractivity contribution in [2.45, 2.75) is 56.5 Å².